The molecule has 0 aliphatic rings. The molecule has 0 aliphatic carbocycles. The Labute approximate surface area is 145 Å². The average Bonchev–Trinajstić information content (AvgIpc) is 3.01. The molecule has 8 heteroatoms. The predicted octanol–water partition coefficient (Wildman–Crippen LogP) is 2.44. The van der Waals surface area contributed by atoms with E-state index in [0.717, 1.165) is 5.56 Å². The molecule has 1 heterocycles. The zero-order valence-electron chi connectivity index (χ0n) is 13.6. The molecule has 0 fully saturated rings. The minimum atomic E-state index is -0.502. The second-order valence-electron chi connectivity index (χ2n) is 4.86. The first-order chi connectivity index (χ1) is 11.6. The van der Waals surface area contributed by atoms with Gasteiger partial charge in [0, 0.05) is 18.2 Å². The van der Waals surface area contributed by atoms with Crippen LogP contribution in [-0.4, -0.2) is 42.2 Å². The Bertz CT molecular complexity index is 656. The number of hydrogen-bond acceptors (Lipinski definition) is 6. The Hall–Kier alpha value is -1.96. The Kier molecular flexibility index (Phi) is 7.17. The largest absolute Gasteiger partial charge is 0.417 e. The van der Waals surface area contributed by atoms with Gasteiger partial charge in [-0.3, -0.25) is 4.79 Å². The van der Waals surface area contributed by atoms with Crippen LogP contribution in [0, 0.1) is 0 Å². The van der Waals surface area contributed by atoms with E-state index in [1.165, 1.54) is 0 Å². The van der Waals surface area contributed by atoms with E-state index in [0.29, 0.717) is 30.5 Å². The lowest BCUT2D eigenvalue weighted by atomic mass is 10.1. The van der Waals surface area contributed by atoms with Crippen LogP contribution >= 0.6 is 11.6 Å². The fraction of sp³-hybridized carbons (Fsp3) is 0.438. The molecule has 24 heavy (non-hydrogen) atoms. The molecule has 130 valence electrons. The van der Waals surface area contributed by atoms with Crippen molar-refractivity contribution in [1.82, 2.24) is 15.5 Å². The second kappa shape index (κ2) is 9.36. The van der Waals surface area contributed by atoms with Gasteiger partial charge in [-0.2, -0.15) is 0 Å². The molecule has 2 rings (SSSR count). The molecular formula is C16H20ClN3O4. The Morgan fingerprint density at radius 1 is 1.29 bits per heavy atom. The van der Waals surface area contributed by atoms with Crippen molar-refractivity contribution < 1.29 is 18.7 Å². The summed E-state index contributed by atoms with van der Waals surface area (Å²) in [6.45, 7) is 4.89. The quantitative estimate of drug-likeness (QED) is 0.697. The molecule has 1 aromatic carbocycles. The Balaban J connectivity index is 1.90. The maximum Gasteiger partial charge on any atom is 0.309 e. The molecule has 0 bridgehead atoms. The zero-order chi connectivity index (χ0) is 17.4. The van der Waals surface area contributed by atoms with Crippen LogP contribution in [0.1, 0.15) is 36.0 Å². The zero-order valence-corrected chi connectivity index (χ0v) is 14.4. The minimum Gasteiger partial charge on any atom is -0.417 e. The van der Waals surface area contributed by atoms with Crippen molar-refractivity contribution in [2.75, 3.05) is 19.8 Å². The Morgan fingerprint density at radius 2 is 2.04 bits per heavy atom. The van der Waals surface area contributed by atoms with Crippen molar-refractivity contribution in [2.24, 2.45) is 0 Å². The van der Waals surface area contributed by atoms with Gasteiger partial charge in [0.15, 0.2) is 6.29 Å². The van der Waals surface area contributed by atoms with Crippen molar-refractivity contribution in [2.45, 2.75) is 26.6 Å². The highest BCUT2D eigenvalue weighted by atomic mass is 35.5. The molecular weight excluding hydrogens is 334 g/mol. The van der Waals surface area contributed by atoms with E-state index in [4.69, 9.17) is 25.5 Å². The first kappa shape index (κ1) is 18.4. The van der Waals surface area contributed by atoms with E-state index < -0.39 is 12.2 Å². The van der Waals surface area contributed by atoms with Gasteiger partial charge >= 0.3 is 11.8 Å². The smallest absolute Gasteiger partial charge is 0.309 e. The number of ether oxygens (including phenoxy) is 2. The number of amides is 1. The maximum absolute atomic E-state index is 12.0. The first-order valence-corrected chi connectivity index (χ1v) is 8.08. The van der Waals surface area contributed by atoms with Crippen LogP contribution in [0.5, 0.6) is 0 Å². The number of nitrogens with zero attached hydrogens (tertiary/aromatic N) is 2. The third-order valence-corrected chi connectivity index (χ3v) is 3.27. The standard InChI is InChI=1S/C16H20ClN3O4/c1-3-22-14(23-4-2)10-18-15(21)16-20-19-13(24-16)9-11-6-5-7-12(17)8-11/h5-8,14H,3-4,9-10H2,1-2H3,(H,18,21). The summed E-state index contributed by atoms with van der Waals surface area (Å²) in [5.41, 5.74) is 0.922. The highest BCUT2D eigenvalue weighted by Gasteiger charge is 2.17. The van der Waals surface area contributed by atoms with Crippen LogP contribution in [0.25, 0.3) is 0 Å². The number of rotatable bonds is 9. The number of hydrogen-bond donors (Lipinski definition) is 1. The fourth-order valence-electron chi connectivity index (χ4n) is 2.03. The minimum absolute atomic E-state index is 0.0984. The average molecular weight is 354 g/mol. The third-order valence-electron chi connectivity index (χ3n) is 3.04. The SMILES string of the molecule is CCOC(CNC(=O)c1nnc(Cc2cccc(Cl)c2)o1)OCC. The second-order valence-corrected chi connectivity index (χ2v) is 5.29. The van der Waals surface area contributed by atoms with Crippen LogP contribution in [0.3, 0.4) is 0 Å². The van der Waals surface area contributed by atoms with Gasteiger partial charge in [0.2, 0.25) is 5.89 Å². The number of nitrogens with one attached hydrogen (secondary N) is 1. The van der Waals surface area contributed by atoms with Crippen LogP contribution < -0.4 is 5.32 Å². The first-order valence-electron chi connectivity index (χ1n) is 7.70. The number of carbonyl (C=O) groups is 1. The van der Waals surface area contributed by atoms with Crippen LogP contribution in [0.15, 0.2) is 28.7 Å². The maximum atomic E-state index is 12.0. The molecule has 7 nitrogen and oxygen atoms in total. The van der Waals surface area contributed by atoms with Crippen LogP contribution in [0.2, 0.25) is 5.02 Å². The molecule has 1 amide bonds. The highest BCUT2D eigenvalue weighted by Crippen LogP contribution is 2.14. The highest BCUT2D eigenvalue weighted by molar-refractivity contribution is 6.30. The van der Waals surface area contributed by atoms with E-state index in [1.807, 2.05) is 26.0 Å². The van der Waals surface area contributed by atoms with E-state index in [-0.39, 0.29) is 12.4 Å². The van der Waals surface area contributed by atoms with Gasteiger partial charge in [0.1, 0.15) is 0 Å². The number of halogens is 1. The molecule has 0 saturated carbocycles. The van der Waals surface area contributed by atoms with E-state index in [9.17, 15) is 4.79 Å². The number of benzene rings is 1. The van der Waals surface area contributed by atoms with Gasteiger partial charge in [-0.05, 0) is 31.5 Å². The summed E-state index contributed by atoms with van der Waals surface area (Å²) in [5.74, 6) is -0.225. The molecule has 0 atom stereocenters. The van der Waals surface area contributed by atoms with Gasteiger partial charge in [0.25, 0.3) is 0 Å². The summed E-state index contributed by atoms with van der Waals surface area (Å²) in [5, 5.41) is 10.9. The van der Waals surface area contributed by atoms with Crippen LogP contribution in [0.4, 0.5) is 0 Å². The monoisotopic (exact) mass is 353 g/mol. The van der Waals surface area contributed by atoms with E-state index in [1.54, 1.807) is 12.1 Å². The van der Waals surface area contributed by atoms with Gasteiger partial charge in [0.05, 0.1) is 13.0 Å². The predicted molar refractivity (Wildman–Crippen MR) is 87.9 cm³/mol. The molecule has 1 N–H and O–H groups in total. The van der Waals surface area contributed by atoms with Crippen molar-refractivity contribution >= 4 is 17.5 Å². The summed E-state index contributed by atoms with van der Waals surface area (Å²) >= 11 is 5.93. The van der Waals surface area contributed by atoms with Gasteiger partial charge in [-0.15, -0.1) is 10.2 Å². The summed E-state index contributed by atoms with van der Waals surface area (Å²) in [6.07, 6.45) is -0.0979. The van der Waals surface area contributed by atoms with Gasteiger partial charge in [-0.1, -0.05) is 23.7 Å². The Morgan fingerprint density at radius 3 is 2.71 bits per heavy atom. The molecule has 2 aromatic rings. The molecule has 1 aromatic heterocycles. The molecule has 0 unspecified atom stereocenters. The summed E-state index contributed by atoms with van der Waals surface area (Å²) in [7, 11) is 0. The van der Waals surface area contributed by atoms with Gasteiger partial charge < -0.3 is 19.2 Å². The van der Waals surface area contributed by atoms with Crippen LogP contribution in [-0.2, 0) is 15.9 Å². The summed E-state index contributed by atoms with van der Waals surface area (Å²) in [6, 6.07) is 7.32. The van der Waals surface area contributed by atoms with Crippen molar-refractivity contribution in [3.63, 3.8) is 0 Å². The number of aromatic nitrogens is 2. The lowest BCUT2D eigenvalue weighted by molar-refractivity contribution is -0.131. The van der Waals surface area contributed by atoms with Crippen molar-refractivity contribution in [1.29, 1.82) is 0 Å². The lowest BCUT2D eigenvalue weighted by Crippen LogP contribution is -2.35. The number of carbonyl (C=O) groups excluding carboxylic acids is 1. The topological polar surface area (TPSA) is 86.5 Å². The molecule has 0 saturated heterocycles. The molecule has 0 aliphatic heterocycles. The van der Waals surface area contributed by atoms with E-state index in [2.05, 4.69) is 15.5 Å². The molecule has 0 radical (unpaired) electrons. The van der Waals surface area contributed by atoms with Gasteiger partial charge in [-0.25, -0.2) is 0 Å². The van der Waals surface area contributed by atoms with Crippen molar-refractivity contribution in [3.8, 4) is 0 Å². The van der Waals surface area contributed by atoms with E-state index >= 15 is 0 Å². The van der Waals surface area contributed by atoms with Crippen molar-refractivity contribution in [3.05, 3.63) is 46.6 Å². The lowest BCUT2D eigenvalue weighted by Gasteiger charge is -2.16. The summed E-state index contributed by atoms with van der Waals surface area (Å²) in [4.78, 5) is 12.0. The molecule has 0 spiro atoms. The third kappa shape index (κ3) is 5.59. The fourth-order valence-corrected chi connectivity index (χ4v) is 2.24. The summed E-state index contributed by atoms with van der Waals surface area (Å²) < 4.78 is 16.1. The normalized spacial score (nSPS) is 11.0.